The second-order valence-electron chi connectivity index (χ2n) is 4.68. The van der Waals surface area contributed by atoms with Crippen LogP contribution in [0, 0.1) is 11.3 Å². The maximum atomic E-state index is 12.3. The Bertz CT molecular complexity index is 872. The van der Waals surface area contributed by atoms with E-state index in [9.17, 15) is 22.8 Å². The molecule has 0 aliphatic heterocycles. The average Bonchev–Trinajstić information content (AvgIpc) is 2.54. The number of aromatic carboxylic acids is 1. The first-order valence-corrected chi connectivity index (χ1v) is 6.65. The molecule has 0 heterocycles. The second kappa shape index (κ2) is 6.92. The van der Waals surface area contributed by atoms with Gasteiger partial charge in [-0.1, -0.05) is 12.1 Å². The Morgan fingerprint density at radius 3 is 2.32 bits per heavy atom. The molecule has 0 aromatic heterocycles. The summed E-state index contributed by atoms with van der Waals surface area (Å²) >= 11 is 0. The molecule has 0 radical (unpaired) electrons. The first kappa shape index (κ1) is 17.8. The van der Waals surface area contributed by atoms with Gasteiger partial charge in [0, 0.05) is 5.69 Å². The minimum Gasteiger partial charge on any atom is -0.478 e. The third-order valence-electron chi connectivity index (χ3n) is 2.99. The summed E-state index contributed by atoms with van der Waals surface area (Å²) in [6.07, 6.45) is -4.96. The number of rotatable bonds is 4. The summed E-state index contributed by atoms with van der Waals surface area (Å²) in [5.74, 6) is -2.80. The Morgan fingerprint density at radius 1 is 1.12 bits per heavy atom. The van der Waals surface area contributed by atoms with E-state index in [0.29, 0.717) is 0 Å². The number of nitriles is 1. The van der Waals surface area contributed by atoms with Gasteiger partial charge in [0.1, 0.15) is 11.8 Å². The van der Waals surface area contributed by atoms with Crippen LogP contribution in [0.5, 0.6) is 5.75 Å². The highest BCUT2D eigenvalue weighted by Crippen LogP contribution is 2.28. The SMILES string of the molecule is N#Cc1cc(NC(=O)c2ccccc2C(=O)O)ccc1OC(F)(F)F. The number of amides is 1. The minimum atomic E-state index is -4.96. The fraction of sp³-hybridized carbons (Fsp3) is 0.0625. The largest absolute Gasteiger partial charge is 0.573 e. The van der Waals surface area contributed by atoms with Crippen LogP contribution in [-0.4, -0.2) is 23.3 Å². The van der Waals surface area contributed by atoms with Crippen molar-refractivity contribution in [1.29, 1.82) is 5.26 Å². The molecule has 0 aliphatic carbocycles. The molecule has 25 heavy (non-hydrogen) atoms. The molecule has 9 heteroatoms. The van der Waals surface area contributed by atoms with Crippen molar-refractivity contribution < 1.29 is 32.6 Å². The number of benzene rings is 2. The van der Waals surface area contributed by atoms with Crippen molar-refractivity contribution in [3.63, 3.8) is 0 Å². The van der Waals surface area contributed by atoms with Gasteiger partial charge in [0.15, 0.2) is 0 Å². The smallest absolute Gasteiger partial charge is 0.478 e. The lowest BCUT2D eigenvalue weighted by Crippen LogP contribution is -2.18. The van der Waals surface area contributed by atoms with E-state index in [2.05, 4.69) is 10.1 Å². The van der Waals surface area contributed by atoms with E-state index < -0.39 is 29.6 Å². The van der Waals surface area contributed by atoms with Crippen LogP contribution in [-0.2, 0) is 0 Å². The van der Waals surface area contributed by atoms with Crippen LogP contribution < -0.4 is 10.1 Å². The van der Waals surface area contributed by atoms with Crippen molar-refractivity contribution >= 4 is 17.6 Å². The molecule has 0 aliphatic rings. The number of nitrogens with one attached hydrogen (secondary N) is 1. The van der Waals surface area contributed by atoms with Crippen molar-refractivity contribution in [1.82, 2.24) is 0 Å². The molecule has 2 aromatic carbocycles. The van der Waals surface area contributed by atoms with Gasteiger partial charge in [-0.2, -0.15) is 5.26 Å². The van der Waals surface area contributed by atoms with Crippen LogP contribution in [0.4, 0.5) is 18.9 Å². The Hall–Kier alpha value is -3.54. The van der Waals surface area contributed by atoms with Gasteiger partial charge in [-0.3, -0.25) is 4.79 Å². The third-order valence-corrected chi connectivity index (χ3v) is 2.99. The Balaban J connectivity index is 2.28. The lowest BCUT2D eigenvalue weighted by Gasteiger charge is -2.12. The van der Waals surface area contributed by atoms with Gasteiger partial charge in [-0.15, -0.1) is 13.2 Å². The van der Waals surface area contributed by atoms with Crippen molar-refractivity contribution in [3.8, 4) is 11.8 Å². The van der Waals surface area contributed by atoms with Crippen LogP contribution in [0.1, 0.15) is 26.3 Å². The van der Waals surface area contributed by atoms with E-state index >= 15 is 0 Å². The van der Waals surface area contributed by atoms with Gasteiger partial charge in [0.2, 0.25) is 0 Å². The highest BCUT2D eigenvalue weighted by Gasteiger charge is 2.32. The normalized spacial score (nSPS) is 10.6. The van der Waals surface area contributed by atoms with Crippen molar-refractivity contribution in [2.24, 2.45) is 0 Å². The standard InChI is InChI=1S/C16H9F3N2O4/c17-16(18,19)25-13-6-5-10(7-9(13)8-20)21-14(22)11-3-1-2-4-12(11)15(23)24/h1-7H,(H,21,22)(H,23,24). The zero-order valence-electron chi connectivity index (χ0n) is 12.3. The molecular formula is C16H9F3N2O4. The molecule has 2 aromatic rings. The van der Waals surface area contributed by atoms with Crippen molar-refractivity contribution in [2.75, 3.05) is 5.32 Å². The van der Waals surface area contributed by atoms with Crippen LogP contribution >= 0.6 is 0 Å². The molecule has 0 spiro atoms. The van der Waals surface area contributed by atoms with E-state index in [-0.39, 0.29) is 16.8 Å². The number of nitrogens with zero attached hydrogens (tertiary/aromatic N) is 1. The average molecular weight is 350 g/mol. The minimum absolute atomic E-state index is 0.0104. The van der Waals surface area contributed by atoms with E-state index in [1.807, 2.05) is 0 Å². The predicted molar refractivity (Wildman–Crippen MR) is 79.2 cm³/mol. The molecular weight excluding hydrogens is 341 g/mol. The molecule has 2 N–H and O–H groups in total. The van der Waals surface area contributed by atoms with Gasteiger partial charge >= 0.3 is 12.3 Å². The summed E-state index contributed by atoms with van der Waals surface area (Å²) in [5.41, 5.74) is -0.806. The molecule has 0 bridgehead atoms. The number of anilines is 1. The van der Waals surface area contributed by atoms with Crippen molar-refractivity contribution in [3.05, 3.63) is 59.2 Å². The zero-order valence-corrected chi connectivity index (χ0v) is 12.3. The first-order chi connectivity index (χ1) is 11.7. The molecule has 128 valence electrons. The van der Waals surface area contributed by atoms with E-state index in [0.717, 1.165) is 18.2 Å². The highest BCUT2D eigenvalue weighted by atomic mass is 19.4. The zero-order chi connectivity index (χ0) is 18.6. The number of carboxylic acid groups (broad SMARTS) is 1. The molecule has 0 saturated carbocycles. The number of carbonyl (C=O) groups excluding carboxylic acids is 1. The number of alkyl halides is 3. The van der Waals surface area contributed by atoms with Gasteiger partial charge in [0.25, 0.3) is 5.91 Å². The Morgan fingerprint density at radius 2 is 1.76 bits per heavy atom. The van der Waals surface area contributed by atoms with E-state index in [1.165, 1.54) is 30.3 Å². The number of hydrogen-bond donors (Lipinski definition) is 2. The van der Waals surface area contributed by atoms with Gasteiger partial charge in [-0.25, -0.2) is 4.79 Å². The second-order valence-corrected chi connectivity index (χ2v) is 4.68. The fourth-order valence-corrected chi connectivity index (χ4v) is 1.97. The number of carbonyl (C=O) groups is 2. The molecule has 6 nitrogen and oxygen atoms in total. The third kappa shape index (κ3) is 4.48. The van der Waals surface area contributed by atoms with Crippen LogP contribution in [0.2, 0.25) is 0 Å². The first-order valence-electron chi connectivity index (χ1n) is 6.65. The summed E-state index contributed by atoms with van der Waals surface area (Å²) in [5, 5.41) is 20.3. The molecule has 0 fully saturated rings. The maximum Gasteiger partial charge on any atom is 0.573 e. The van der Waals surface area contributed by atoms with E-state index in [1.54, 1.807) is 0 Å². The summed E-state index contributed by atoms with van der Waals surface area (Å²) in [7, 11) is 0. The maximum absolute atomic E-state index is 12.3. The highest BCUT2D eigenvalue weighted by molar-refractivity contribution is 6.10. The lowest BCUT2D eigenvalue weighted by atomic mass is 10.1. The number of ether oxygens (including phenoxy) is 1. The molecule has 1 amide bonds. The lowest BCUT2D eigenvalue weighted by molar-refractivity contribution is -0.274. The number of hydrogen-bond acceptors (Lipinski definition) is 4. The Labute approximate surface area is 139 Å². The molecule has 2 rings (SSSR count). The summed E-state index contributed by atoms with van der Waals surface area (Å²) in [6.45, 7) is 0. The van der Waals surface area contributed by atoms with Crippen LogP contribution in [0.15, 0.2) is 42.5 Å². The topological polar surface area (TPSA) is 99.4 Å². The monoisotopic (exact) mass is 350 g/mol. The quantitative estimate of drug-likeness (QED) is 0.880. The van der Waals surface area contributed by atoms with Gasteiger partial charge in [0.05, 0.1) is 16.7 Å². The van der Waals surface area contributed by atoms with Crippen molar-refractivity contribution in [2.45, 2.75) is 6.36 Å². The number of halogens is 3. The van der Waals surface area contributed by atoms with Gasteiger partial charge in [-0.05, 0) is 30.3 Å². The van der Waals surface area contributed by atoms with E-state index in [4.69, 9.17) is 10.4 Å². The van der Waals surface area contributed by atoms with Crippen LogP contribution in [0.25, 0.3) is 0 Å². The summed E-state index contributed by atoms with van der Waals surface area (Å²) in [4.78, 5) is 23.3. The summed E-state index contributed by atoms with van der Waals surface area (Å²) in [6, 6.07) is 9.92. The number of carboxylic acids is 1. The predicted octanol–water partition coefficient (Wildman–Crippen LogP) is 3.41. The molecule has 0 atom stereocenters. The van der Waals surface area contributed by atoms with Gasteiger partial charge < -0.3 is 15.2 Å². The fourth-order valence-electron chi connectivity index (χ4n) is 1.97. The molecule has 0 unspecified atom stereocenters. The summed E-state index contributed by atoms with van der Waals surface area (Å²) < 4.78 is 40.5. The Kier molecular flexibility index (Phi) is 4.93. The molecule has 0 saturated heterocycles. The van der Waals surface area contributed by atoms with Crippen LogP contribution in [0.3, 0.4) is 0 Å².